The molecule has 0 spiro atoms. The lowest BCUT2D eigenvalue weighted by molar-refractivity contribution is 1.01. The molecule has 2 nitrogen and oxygen atoms in total. The predicted octanol–water partition coefficient (Wildman–Crippen LogP) is 8.85. The summed E-state index contributed by atoms with van der Waals surface area (Å²) in [4.78, 5) is 0. The fourth-order valence-electron chi connectivity index (χ4n) is 6.53. The number of thiophene rings is 1. The number of rotatable bonds is 0. The molecule has 0 aliphatic heterocycles. The summed E-state index contributed by atoms with van der Waals surface area (Å²) in [6.45, 7) is 0. The van der Waals surface area contributed by atoms with E-state index in [4.69, 9.17) is 0 Å². The van der Waals surface area contributed by atoms with Crippen LogP contribution in [0.15, 0.2) is 91.0 Å². The maximum atomic E-state index is 2.54. The largest absolute Gasteiger partial charge is 0.344 e. The number of benzene rings is 5. The van der Waals surface area contributed by atoms with Gasteiger partial charge in [-0.05, 0) is 41.8 Å². The molecule has 0 saturated heterocycles. The summed E-state index contributed by atoms with van der Waals surface area (Å²) in [5, 5.41) is 10.8. The highest BCUT2D eigenvalue weighted by molar-refractivity contribution is 7.26. The van der Waals surface area contributed by atoms with Gasteiger partial charge in [0.2, 0.25) is 0 Å². The first-order valence-electron chi connectivity index (χ1n) is 11.7. The average Bonchev–Trinajstić information content (AvgIpc) is 3.48. The number of nitrogens with zero attached hydrogens (tertiary/aromatic N) is 2. The SMILES string of the molecule is Cn1c2cccc3c4cccc5c6c7c(ccc6n(c6cccc1c6c32)c45)sc1ccccc17. The molecule has 9 aromatic rings. The van der Waals surface area contributed by atoms with Crippen molar-refractivity contribution in [3.8, 4) is 0 Å². The zero-order valence-electron chi connectivity index (χ0n) is 18.5. The number of hydrogen-bond donors (Lipinski definition) is 0. The second kappa shape index (κ2) is 5.69. The molecule has 3 heteroatoms. The van der Waals surface area contributed by atoms with E-state index >= 15 is 0 Å². The molecular formula is C31H18N2S. The second-order valence-electron chi connectivity index (χ2n) is 9.40. The molecule has 0 atom stereocenters. The van der Waals surface area contributed by atoms with Gasteiger partial charge >= 0.3 is 0 Å². The van der Waals surface area contributed by atoms with Crippen LogP contribution in [0.25, 0.3) is 80.1 Å². The first-order chi connectivity index (χ1) is 16.8. The monoisotopic (exact) mass is 450 g/mol. The first kappa shape index (κ1) is 17.4. The van der Waals surface area contributed by atoms with Gasteiger partial charge in [-0.3, -0.25) is 0 Å². The van der Waals surface area contributed by atoms with Crippen LogP contribution in [0, 0.1) is 0 Å². The lowest BCUT2D eigenvalue weighted by Crippen LogP contribution is -1.88. The van der Waals surface area contributed by atoms with Crippen molar-refractivity contribution in [2.75, 3.05) is 0 Å². The smallest absolute Gasteiger partial charge is 0.0620 e. The van der Waals surface area contributed by atoms with Gasteiger partial charge in [0.25, 0.3) is 0 Å². The van der Waals surface area contributed by atoms with Gasteiger partial charge in [0.05, 0.1) is 22.1 Å². The van der Waals surface area contributed by atoms with E-state index in [1.54, 1.807) is 0 Å². The van der Waals surface area contributed by atoms with Crippen LogP contribution in [0.1, 0.15) is 0 Å². The van der Waals surface area contributed by atoms with Crippen LogP contribution in [0.2, 0.25) is 0 Å². The van der Waals surface area contributed by atoms with E-state index in [2.05, 4.69) is 107 Å². The molecule has 0 amide bonds. The molecule has 5 aromatic carbocycles. The predicted molar refractivity (Wildman–Crippen MR) is 148 cm³/mol. The lowest BCUT2D eigenvalue weighted by Gasteiger charge is -2.03. The summed E-state index contributed by atoms with van der Waals surface area (Å²) in [5.41, 5.74) is 6.46. The van der Waals surface area contributed by atoms with Crippen molar-refractivity contribution in [1.82, 2.24) is 8.97 Å². The van der Waals surface area contributed by atoms with Crippen LogP contribution in [-0.4, -0.2) is 8.97 Å². The van der Waals surface area contributed by atoms with Crippen molar-refractivity contribution in [2.24, 2.45) is 7.05 Å². The topological polar surface area (TPSA) is 9.34 Å². The van der Waals surface area contributed by atoms with Crippen molar-refractivity contribution >= 4 is 91.4 Å². The van der Waals surface area contributed by atoms with E-state index in [9.17, 15) is 0 Å². The van der Waals surface area contributed by atoms with Crippen molar-refractivity contribution in [2.45, 2.75) is 0 Å². The summed E-state index contributed by atoms with van der Waals surface area (Å²) in [5.74, 6) is 0. The van der Waals surface area contributed by atoms with Gasteiger partial charge < -0.3 is 8.97 Å². The minimum absolute atomic E-state index is 1.28. The number of hydrogen-bond acceptors (Lipinski definition) is 1. The lowest BCUT2D eigenvalue weighted by atomic mass is 10.0. The Morgan fingerprint density at radius 3 is 2.06 bits per heavy atom. The summed E-state index contributed by atoms with van der Waals surface area (Å²) in [6, 6.07) is 33.9. The Morgan fingerprint density at radius 2 is 1.12 bits per heavy atom. The van der Waals surface area contributed by atoms with Crippen molar-refractivity contribution < 1.29 is 0 Å². The summed E-state index contributed by atoms with van der Waals surface area (Å²) in [7, 11) is 2.19. The van der Waals surface area contributed by atoms with Crippen LogP contribution in [0.4, 0.5) is 0 Å². The maximum Gasteiger partial charge on any atom is 0.0620 e. The van der Waals surface area contributed by atoms with Crippen molar-refractivity contribution in [3.05, 3.63) is 91.0 Å². The Kier molecular flexibility index (Phi) is 2.91. The Bertz CT molecular complexity index is 2290. The van der Waals surface area contributed by atoms with Crippen LogP contribution in [0.5, 0.6) is 0 Å². The Hall–Kier alpha value is -4.08. The average molecular weight is 451 g/mol. The fraction of sp³-hybridized carbons (Fsp3) is 0.0323. The summed E-state index contributed by atoms with van der Waals surface area (Å²) >= 11 is 1.90. The molecule has 0 bridgehead atoms. The van der Waals surface area contributed by atoms with Gasteiger partial charge in [-0.15, -0.1) is 11.3 Å². The standard InChI is InChI=1S/C31H18N2S/c1-32-21-11-5-8-17-18-9-4-10-20-28-24(15-16-26-29(28)19-7-2-3-14-25(19)34-26)33(31(18)20)23-13-6-12-22(32)30(23)27(17)21/h2-16H,1H3. The molecule has 9 rings (SSSR count). The van der Waals surface area contributed by atoms with Gasteiger partial charge in [0.1, 0.15) is 0 Å². The van der Waals surface area contributed by atoms with Gasteiger partial charge in [-0.25, -0.2) is 0 Å². The third-order valence-corrected chi connectivity index (χ3v) is 8.99. The fourth-order valence-corrected chi connectivity index (χ4v) is 7.64. The number of fused-ring (bicyclic) bond motifs is 9. The molecular weight excluding hydrogens is 432 g/mol. The summed E-state index contributed by atoms with van der Waals surface area (Å²) < 4.78 is 7.59. The molecule has 4 heterocycles. The minimum atomic E-state index is 1.28. The van der Waals surface area contributed by atoms with Crippen LogP contribution < -0.4 is 0 Å². The second-order valence-corrected chi connectivity index (χ2v) is 10.5. The Balaban J connectivity index is 1.74. The third-order valence-electron chi connectivity index (χ3n) is 7.86. The van der Waals surface area contributed by atoms with Crippen molar-refractivity contribution in [3.63, 3.8) is 0 Å². The zero-order valence-corrected chi connectivity index (χ0v) is 19.3. The summed E-state index contributed by atoms with van der Waals surface area (Å²) in [6.07, 6.45) is 0. The van der Waals surface area contributed by atoms with E-state index in [1.165, 1.54) is 80.1 Å². The van der Waals surface area contributed by atoms with Crippen LogP contribution in [-0.2, 0) is 7.05 Å². The van der Waals surface area contributed by atoms with Gasteiger partial charge in [0, 0.05) is 59.7 Å². The van der Waals surface area contributed by atoms with Crippen LogP contribution >= 0.6 is 11.3 Å². The maximum absolute atomic E-state index is 2.54. The first-order valence-corrected chi connectivity index (χ1v) is 12.5. The molecule has 34 heavy (non-hydrogen) atoms. The van der Waals surface area contributed by atoms with E-state index in [0.717, 1.165) is 0 Å². The molecule has 0 unspecified atom stereocenters. The van der Waals surface area contributed by atoms with Gasteiger partial charge in [-0.2, -0.15) is 0 Å². The molecule has 158 valence electrons. The Morgan fingerprint density at radius 1 is 0.471 bits per heavy atom. The molecule has 0 saturated carbocycles. The Labute approximate surface area is 198 Å². The minimum Gasteiger partial charge on any atom is -0.344 e. The van der Waals surface area contributed by atoms with Gasteiger partial charge in [0.15, 0.2) is 0 Å². The number of aromatic nitrogens is 2. The molecule has 0 fully saturated rings. The molecule has 0 N–H and O–H groups in total. The van der Waals surface area contributed by atoms with Crippen LogP contribution in [0.3, 0.4) is 0 Å². The van der Waals surface area contributed by atoms with E-state index in [0.29, 0.717) is 0 Å². The highest BCUT2D eigenvalue weighted by Gasteiger charge is 2.21. The third kappa shape index (κ3) is 1.80. The zero-order chi connectivity index (χ0) is 22.1. The quantitative estimate of drug-likeness (QED) is 0.218. The van der Waals surface area contributed by atoms with Crippen molar-refractivity contribution in [1.29, 1.82) is 0 Å². The normalized spacial score (nSPS) is 12.9. The highest BCUT2D eigenvalue weighted by atomic mass is 32.1. The van der Waals surface area contributed by atoms with Gasteiger partial charge in [-0.1, -0.05) is 54.6 Å². The molecule has 0 aliphatic rings. The molecule has 0 aliphatic carbocycles. The highest BCUT2D eigenvalue weighted by Crippen LogP contribution is 2.46. The van der Waals surface area contributed by atoms with E-state index in [1.807, 2.05) is 11.3 Å². The number of aryl methyl sites for hydroxylation is 1. The van der Waals surface area contributed by atoms with E-state index in [-0.39, 0.29) is 0 Å². The molecule has 0 radical (unpaired) electrons. The van der Waals surface area contributed by atoms with E-state index < -0.39 is 0 Å². The number of para-hydroxylation sites is 1. The molecule has 4 aromatic heterocycles.